The summed E-state index contributed by atoms with van der Waals surface area (Å²) >= 11 is 0. The van der Waals surface area contributed by atoms with E-state index in [-0.39, 0.29) is 46.3 Å². The SMILES string of the molecule is CC(=O)OCCn1c(O)c(/C=c2\c(C)c(C#N)c3nc4ccccc4n3c2=O)c(C)c(C#N)c1=O. The van der Waals surface area contributed by atoms with Crippen molar-refractivity contribution in [1.82, 2.24) is 14.0 Å². The quantitative estimate of drug-likeness (QED) is 0.438. The molecule has 0 bridgehead atoms. The molecule has 3 heterocycles. The lowest BCUT2D eigenvalue weighted by Gasteiger charge is -2.14. The number of aromatic hydroxyl groups is 1. The maximum atomic E-state index is 13.6. The van der Waals surface area contributed by atoms with Gasteiger partial charge in [-0.3, -0.25) is 23.4 Å². The second-order valence-corrected chi connectivity index (χ2v) is 7.88. The molecule has 3 aromatic heterocycles. The minimum atomic E-state index is -0.750. The highest BCUT2D eigenvalue weighted by Gasteiger charge is 2.20. The fraction of sp³-hybridized carbons (Fsp3) is 0.200. The first-order valence-electron chi connectivity index (χ1n) is 10.6. The van der Waals surface area contributed by atoms with Gasteiger partial charge >= 0.3 is 5.97 Å². The molecule has 0 aliphatic carbocycles. The van der Waals surface area contributed by atoms with Crippen LogP contribution in [0.1, 0.15) is 34.7 Å². The van der Waals surface area contributed by atoms with Crippen molar-refractivity contribution in [3.05, 3.63) is 78.0 Å². The topological polar surface area (TPSA) is 150 Å². The van der Waals surface area contributed by atoms with Gasteiger partial charge in [-0.25, -0.2) is 4.98 Å². The molecular formula is C25H19N5O5. The van der Waals surface area contributed by atoms with E-state index in [4.69, 9.17) is 4.74 Å². The summed E-state index contributed by atoms with van der Waals surface area (Å²) in [5, 5.41) is 30.5. The fourth-order valence-electron chi connectivity index (χ4n) is 4.06. The van der Waals surface area contributed by atoms with Crippen molar-refractivity contribution in [2.24, 2.45) is 0 Å². The van der Waals surface area contributed by atoms with E-state index in [1.54, 1.807) is 31.2 Å². The highest BCUT2D eigenvalue weighted by Crippen LogP contribution is 2.23. The number of rotatable bonds is 4. The summed E-state index contributed by atoms with van der Waals surface area (Å²) in [6.45, 7) is 3.89. The number of aromatic nitrogens is 3. The molecule has 0 amide bonds. The van der Waals surface area contributed by atoms with Crippen molar-refractivity contribution in [1.29, 1.82) is 10.5 Å². The van der Waals surface area contributed by atoms with Gasteiger partial charge < -0.3 is 9.84 Å². The van der Waals surface area contributed by atoms with E-state index < -0.39 is 23.0 Å². The van der Waals surface area contributed by atoms with Crippen molar-refractivity contribution < 1.29 is 14.6 Å². The molecule has 0 fully saturated rings. The maximum absolute atomic E-state index is 13.6. The van der Waals surface area contributed by atoms with Gasteiger partial charge in [0.1, 0.15) is 24.3 Å². The summed E-state index contributed by atoms with van der Waals surface area (Å²) < 4.78 is 7.11. The summed E-state index contributed by atoms with van der Waals surface area (Å²) in [6, 6.07) is 10.9. The minimum Gasteiger partial charge on any atom is -0.494 e. The zero-order valence-electron chi connectivity index (χ0n) is 19.1. The molecular weight excluding hydrogens is 450 g/mol. The van der Waals surface area contributed by atoms with Crippen molar-refractivity contribution in [2.75, 3.05) is 6.61 Å². The smallest absolute Gasteiger partial charge is 0.302 e. The molecule has 0 spiro atoms. The van der Waals surface area contributed by atoms with E-state index in [2.05, 4.69) is 11.1 Å². The zero-order chi connectivity index (χ0) is 25.4. The van der Waals surface area contributed by atoms with Crippen LogP contribution >= 0.6 is 0 Å². The molecule has 0 saturated heterocycles. The van der Waals surface area contributed by atoms with Gasteiger partial charge in [0.05, 0.1) is 23.1 Å². The van der Waals surface area contributed by atoms with Crippen LogP contribution in [0.15, 0.2) is 33.9 Å². The van der Waals surface area contributed by atoms with E-state index >= 15 is 0 Å². The first kappa shape index (κ1) is 23.2. The van der Waals surface area contributed by atoms with E-state index in [9.17, 15) is 30.0 Å². The van der Waals surface area contributed by atoms with Gasteiger partial charge in [0.25, 0.3) is 11.1 Å². The Kier molecular flexibility index (Phi) is 5.81. The number of esters is 1. The lowest BCUT2D eigenvalue weighted by molar-refractivity contribution is -0.141. The number of fused-ring (bicyclic) bond motifs is 3. The van der Waals surface area contributed by atoms with Crippen molar-refractivity contribution in [2.45, 2.75) is 27.3 Å². The molecule has 0 saturated carbocycles. The van der Waals surface area contributed by atoms with Crippen LogP contribution in [0.25, 0.3) is 22.8 Å². The predicted octanol–water partition coefficient (Wildman–Crippen LogP) is 1.19. The Morgan fingerprint density at radius 3 is 2.46 bits per heavy atom. The second-order valence-electron chi connectivity index (χ2n) is 7.88. The Bertz CT molecular complexity index is 1800. The van der Waals surface area contributed by atoms with Crippen molar-refractivity contribution in [3.8, 4) is 18.0 Å². The van der Waals surface area contributed by atoms with E-state index in [0.717, 1.165) is 4.57 Å². The van der Waals surface area contributed by atoms with Gasteiger partial charge in [0, 0.05) is 17.7 Å². The third kappa shape index (κ3) is 3.67. The summed E-state index contributed by atoms with van der Waals surface area (Å²) in [7, 11) is 0. The van der Waals surface area contributed by atoms with E-state index in [1.807, 2.05) is 6.07 Å². The maximum Gasteiger partial charge on any atom is 0.302 e. The number of carbonyl (C=O) groups excluding carboxylic acids is 1. The van der Waals surface area contributed by atoms with Crippen LogP contribution in [-0.4, -0.2) is 31.6 Å². The fourth-order valence-corrected chi connectivity index (χ4v) is 4.06. The lowest BCUT2D eigenvalue weighted by atomic mass is 10.0. The Morgan fingerprint density at radius 2 is 1.80 bits per heavy atom. The Labute approximate surface area is 198 Å². The van der Waals surface area contributed by atoms with Crippen LogP contribution in [-0.2, 0) is 16.1 Å². The first-order valence-corrected chi connectivity index (χ1v) is 10.6. The van der Waals surface area contributed by atoms with Crippen LogP contribution in [0, 0.1) is 36.5 Å². The predicted molar refractivity (Wildman–Crippen MR) is 126 cm³/mol. The summed E-state index contributed by atoms with van der Waals surface area (Å²) in [5.41, 5.74) is 0.604. The Balaban J connectivity index is 2.10. The third-order valence-electron chi connectivity index (χ3n) is 5.86. The summed E-state index contributed by atoms with van der Waals surface area (Å²) in [5.74, 6) is -1.06. The molecule has 4 rings (SSSR count). The zero-order valence-corrected chi connectivity index (χ0v) is 19.1. The summed E-state index contributed by atoms with van der Waals surface area (Å²) in [6.07, 6.45) is 1.36. The number of ether oxygens (including phenoxy) is 1. The monoisotopic (exact) mass is 469 g/mol. The largest absolute Gasteiger partial charge is 0.494 e. The van der Waals surface area contributed by atoms with Gasteiger partial charge in [-0.2, -0.15) is 10.5 Å². The minimum absolute atomic E-state index is 0.0665. The number of hydrogen-bond donors (Lipinski definition) is 1. The van der Waals surface area contributed by atoms with Crippen molar-refractivity contribution >= 4 is 28.7 Å². The lowest BCUT2D eigenvalue weighted by Crippen LogP contribution is -2.34. The number of carbonyl (C=O) groups is 1. The van der Waals surface area contributed by atoms with Gasteiger partial charge in [-0.05, 0) is 43.2 Å². The van der Waals surface area contributed by atoms with Gasteiger partial charge in [0.2, 0.25) is 5.88 Å². The molecule has 0 radical (unpaired) electrons. The average molecular weight is 469 g/mol. The number of hydrogen-bond acceptors (Lipinski definition) is 8. The number of para-hydroxylation sites is 2. The third-order valence-corrected chi connectivity index (χ3v) is 5.86. The van der Waals surface area contributed by atoms with Crippen molar-refractivity contribution in [3.63, 3.8) is 0 Å². The molecule has 4 aromatic rings. The molecule has 0 unspecified atom stereocenters. The van der Waals surface area contributed by atoms with E-state index in [0.29, 0.717) is 16.6 Å². The second kappa shape index (κ2) is 8.76. The molecule has 0 atom stereocenters. The molecule has 35 heavy (non-hydrogen) atoms. The molecule has 174 valence electrons. The number of nitrogens with zero attached hydrogens (tertiary/aromatic N) is 5. The number of imidazole rings is 1. The molecule has 10 nitrogen and oxygen atoms in total. The highest BCUT2D eigenvalue weighted by molar-refractivity contribution is 5.83. The highest BCUT2D eigenvalue weighted by atomic mass is 16.5. The van der Waals surface area contributed by atoms with Crippen LogP contribution in [0.3, 0.4) is 0 Å². The average Bonchev–Trinajstić information content (AvgIpc) is 3.20. The van der Waals surface area contributed by atoms with Crippen LogP contribution < -0.4 is 16.3 Å². The van der Waals surface area contributed by atoms with Gasteiger partial charge in [0.15, 0.2) is 5.65 Å². The standard InChI is InChI=1S/C25H19N5O5/c1-13-17(25(34)30-21-7-5-4-6-20(21)28-22(30)18(13)11-26)10-16-14(2)19(12-27)24(33)29(23(16)32)8-9-35-15(3)31/h4-7,10,32H,8-9H2,1-3H3/b17-10+. The van der Waals surface area contributed by atoms with Gasteiger partial charge in [-0.15, -0.1) is 0 Å². The van der Waals surface area contributed by atoms with Crippen LogP contribution in [0.5, 0.6) is 5.88 Å². The Morgan fingerprint density at radius 1 is 1.11 bits per heavy atom. The first-order chi connectivity index (χ1) is 16.7. The summed E-state index contributed by atoms with van der Waals surface area (Å²) in [4.78, 5) is 41.9. The normalized spacial score (nSPS) is 11.5. The molecule has 1 N–H and O–H groups in total. The molecule has 0 aliphatic rings. The molecule has 10 heteroatoms. The number of nitriles is 2. The van der Waals surface area contributed by atoms with E-state index in [1.165, 1.54) is 24.3 Å². The number of benzene rings is 1. The molecule has 0 aliphatic heterocycles. The van der Waals surface area contributed by atoms with Crippen LogP contribution in [0.2, 0.25) is 0 Å². The van der Waals surface area contributed by atoms with Gasteiger partial charge in [-0.1, -0.05) is 12.1 Å². The number of pyridine rings is 2. The Hall–Kier alpha value is -4.96. The van der Waals surface area contributed by atoms with Crippen LogP contribution in [0.4, 0.5) is 0 Å². The molecule has 1 aromatic carbocycles.